The van der Waals surface area contributed by atoms with E-state index in [0.29, 0.717) is 10.9 Å². The van der Waals surface area contributed by atoms with Gasteiger partial charge in [-0.2, -0.15) is 0 Å². The Labute approximate surface area is 272 Å². The highest BCUT2D eigenvalue weighted by atomic mass is 16.4. The first-order valence-electron chi connectivity index (χ1n) is 14.6. The maximum atomic E-state index is 13.3. The Morgan fingerprint density at radius 3 is 1.83 bits per heavy atom. The molecule has 4 atom stereocenters. The lowest BCUT2D eigenvalue weighted by atomic mass is 10.0. The van der Waals surface area contributed by atoms with E-state index in [9.17, 15) is 48.3 Å². The molecule has 0 saturated carbocycles. The third kappa shape index (κ3) is 11.8. The van der Waals surface area contributed by atoms with Gasteiger partial charge in [0.25, 0.3) is 0 Å². The van der Waals surface area contributed by atoms with Gasteiger partial charge in [0, 0.05) is 36.6 Å². The van der Waals surface area contributed by atoms with Crippen molar-refractivity contribution in [3.63, 3.8) is 0 Å². The zero-order valence-corrected chi connectivity index (χ0v) is 26.4. The van der Waals surface area contributed by atoms with Crippen molar-refractivity contribution in [1.82, 2.24) is 21.3 Å². The maximum absolute atomic E-state index is 13.3. The summed E-state index contributed by atoms with van der Waals surface area (Å²) in [4.78, 5) is 110. The van der Waals surface area contributed by atoms with E-state index in [2.05, 4.69) is 26.6 Å². The van der Waals surface area contributed by atoms with Crippen LogP contribution in [-0.4, -0.2) is 86.9 Å². The highest BCUT2D eigenvalue weighted by Gasteiger charge is 2.34. The SMILES string of the molecule is CC(=O)N[C@H](CC(=O)O)C(=O)N[C@H](CCC(=O)O)C(=O)N[C@@H](C(=O)N[C@@H](CC(=O)O)C(=O)Nc1ccc2c(C)cc(=O)oc2c1)C(C)C. The summed E-state index contributed by atoms with van der Waals surface area (Å²) in [5, 5.41) is 39.7. The quantitative estimate of drug-likeness (QED) is 0.0980. The van der Waals surface area contributed by atoms with Gasteiger partial charge in [-0.3, -0.25) is 38.4 Å². The van der Waals surface area contributed by atoms with Crippen LogP contribution in [0.5, 0.6) is 0 Å². The molecule has 0 aliphatic heterocycles. The average molecular weight is 676 g/mol. The van der Waals surface area contributed by atoms with Gasteiger partial charge in [-0.15, -0.1) is 0 Å². The first-order valence-corrected chi connectivity index (χ1v) is 14.6. The standard InChI is InChI=1S/C30H37N5O13/c1-13(2)26(35-27(44)18(7-8-22(37)38)33-29(46)19(11-23(39)40)31-15(4)36)30(47)34-20(12-24(41)42)28(45)32-16-5-6-17-14(3)9-25(43)48-21(17)10-16/h5-6,9-10,13,18-20,26H,7-8,11-12H2,1-4H3,(H,31,36)(H,32,45)(H,33,46)(H,34,47)(H,35,44)(H,37,38)(H,39,40)(H,41,42)/t18-,19-,20+,26-/m1/s1. The van der Waals surface area contributed by atoms with Gasteiger partial charge in [0.05, 0.1) is 12.8 Å². The summed E-state index contributed by atoms with van der Waals surface area (Å²) in [6, 6.07) is -0.645. The van der Waals surface area contributed by atoms with Gasteiger partial charge in [0.2, 0.25) is 29.5 Å². The summed E-state index contributed by atoms with van der Waals surface area (Å²) < 4.78 is 5.16. The van der Waals surface area contributed by atoms with E-state index in [-0.39, 0.29) is 11.3 Å². The highest BCUT2D eigenvalue weighted by molar-refractivity contribution is 6.01. The zero-order valence-electron chi connectivity index (χ0n) is 26.4. The van der Waals surface area contributed by atoms with Crippen LogP contribution < -0.4 is 32.2 Å². The number of carbonyl (C=O) groups is 8. The summed E-state index contributed by atoms with van der Waals surface area (Å²) in [5.74, 6) is -9.79. The number of nitrogens with one attached hydrogen (secondary N) is 5. The molecule has 0 radical (unpaired) electrons. The number of hydrogen-bond acceptors (Lipinski definition) is 10. The van der Waals surface area contributed by atoms with Gasteiger partial charge < -0.3 is 46.3 Å². The second-order valence-electron chi connectivity index (χ2n) is 11.2. The number of benzene rings is 1. The Morgan fingerprint density at radius 2 is 1.29 bits per heavy atom. The molecular weight excluding hydrogens is 638 g/mol. The van der Waals surface area contributed by atoms with Crippen molar-refractivity contribution in [3.8, 4) is 0 Å². The molecule has 0 saturated heterocycles. The van der Waals surface area contributed by atoms with Crippen LogP contribution in [0.25, 0.3) is 11.0 Å². The van der Waals surface area contributed by atoms with Crippen LogP contribution in [0.1, 0.15) is 52.0 Å². The first kappa shape index (κ1) is 38.4. The molecule has 0 spiro atoms. The average Bonchev–Trinajstić information content (AvgIpc) is 2.95. The van der Waals surface area contributed by atoms with Gasteiger partial charge in [-0.1, -0.05) is 13.8 Å². The van der Waals surface area contributed by atoms with E-state index in [1.165, 1.54) is 32.0 Å². The number of hydrogen-bond donors (Lipinski definition) is 8. The number of aliphatic carboxylic acids is 3. The summed E-state index contributed by atoms with van der Waals surface area (Å²) in [5.41, 5.74) is 0.264. The minimum Gasteiger partial charge on any atom is -0.481 e. The van der Waals surface area contributed by atoms with E-state index in [1.807, 2.05) is 0 Å². The Hall–Kier alpha value is -5.81. The third-order valence-electron chi connectivity index (χ3n) is 6.83. The van der Waals surface area contributed by atoms with Crippen LogP contribution in [0.2, 0.25) is 0 Å². The summed E-state index contributed by atoms with van der Waals surface area (Å²) in [6.07, 6.45) is -2.84. The first-order chi connectivity index (χ1) is 22.4. The fourth-order valence-electron chi connectivity index (χ4n) is 4.50. The lowest BCUT2D eigenvalue weighted by Crippen LogP contribution is -2.59. The fraction of sp³-hybridized carbons (Fsp3) is 0.433. The molecule has 0 aliphatic rings. The lowest BCUT2D eigenvalue weighted by molar-refractivity contribution is -0.142. The molecule has 0 fully saturated rings. The smallest absolute Gasteiger partial charge is 0.336 e. The summed E-state index contributed by atoms with van der Waals surface area (Å²) >= 11 is 0. The fourth-order valence-corrected chi connectivity index (χ4v) is 4.50. The van der Waals surface area contributed by atoms with Crippen LogP contribution in [0.4, 0.5) is 5.69 Å². The highest BCUT2D eigenvalue weighted by Crippen LogP contribution is 2.21. The largest absolute Gasteiger partial charge is 0.481 e. The molecule has 5 amide bonds. The van der Waals surface area contributed by atoms with E-state index in [1.54, 1.807) is 13.0 Å². The minimum absolute atomic E-state index is 0.122. The number of anilines is 1. The Kier molecular flexibility index (Phi) is 13.8. The van der Waals surface area contributed by atoms with Gasteiger partial charge in [-0.25, -0.2) is 4.79 Å². The molecule has 260 valence electrons. The molecule has 1 aromatic carbocycles. The number of carboxylic acids is 3. The second kappa shape index (κ2) is 17.2. The summed E-state index contributed by atoms with van der Waals surface area (Å²) in [6.45, 7) is 5.73. The van der Waals surface area contributed by atoms with Crippen molar-refractivity contribution in [2.75, 3.05) is 5.32 Å². The maximum Gasteiger partial charge on any atom is 0.336 e. The molecule has 0 aliphatic carbocycles. The molecule has 0 bridgehead atoms. The van der Waals surface area contributed by atoms with Gasteiger partial charge in [0.15, 0.2) is 0 Å². The van der Waals surface area contributed by atoms with Crippen molar-refractivity contribution in [2.45, 2.75) is 77.5 Å². The normalized spacial score (nSPS) is 13.4. The van der Waals surface area contributed by atoms with Crippen LogP contribution in [0.3, 0.4) is 0 Å². The molecular formula is C30H37N5O13. The van der Waals surface area contributed by atoms with Gasteiger partial charge >= 0.3 is 23.5 Å². The van der Waals surface area contributed by atoms with Crippen molar-refractivity contribution >= 4 is 64.1 Å². The van der Waals surface area contributed by atoms with Crippen molar-refractivity contribution in [2.24, 2.45) is 5.92 Å². The number of carbonyl (C=O) groups excluding carboxylic acids is 5. The molecule has 18 heteroatoms. The molecule has 48 heavy (non-hydrogen) atoms. The molecule has 1 aromatic heterocycles. The number of rotatable bonds is 17. The van der Waals surface area contributed by atoms with Crippen LogP contribution in [0, 0.1) is 12.8 Å². The van der Waals surface area contributed by atoms with Gasteiger partial charge in [0.1, 0.15) is 29.8 Å². The van der Waals surface area contributed by atoms with E-state index >= 15 is 0 Å². The van der Waals surface area contributed by atoms with Crippen molar-refractivity contribution in [1.29, 1.82) is 0 Å². The monoisotopic (exact) mass is 675 g/mol. The van der Waals surface area contributed by atoms with Crippen LogP contribution >= 0.6 is 0 Å². The Balaban J connectivity index is 2.27. The molecule has 1 heterocycles. The molecule has 0 unspecified atom stereocenters. The van der Waals surface area contributed by atoms with E-state index in [4.69, 9.17) is 14.6 Å². The lowest BCUT2D eigenvalue weighted by Gasteiger charge is -2.27. The second-order valence-corrected chi connectivity index (χ2v) is 11.2. The van der Waals surface area contributed by atoms with Crippen LogP contribution in [0.15, 0.2) is 33.5 Å². The zero-order chi connectivity index (χ0) is 36.3. The minimum atomic E-state index is -1.66. The molecule has 8 N–H and O–H groups in total. The molecule has 18 nitrogen and oxygen atoms in total. The predicted molar refractivity (Wildman–Crippen MR) is 165 cm³/mol. The molecule has 2 aromatic rings. The van der Waals surface area contributed by atoms with Crippen molar-refractivity contribution in [3.05, 3.63) is 40.2 Å². The van der Waals surface area contributed by atoms with E-state index in [0.717, 1.165) is 6.92 Å². The number of fused-ring (bicyclic) bond motifs is 1. The molecule has 2 rings (SSSR count). The number of amides is 5. The van der Waals surface area contributed by atoms with Crippen molar-refractivity contribution < 1.29 is 58.1 Å². The number of aryl methyl sites for hydroxylation is 1. The Morgan fingerprint density at radius 1 is 0.729 bits per heavy atom. The predicted octanol–water partition coefficient (Wildman–Crippen LogP) is -0.531. The Bertz CT molecular complexity index is 1640. The van der Waals surface area contributed by atoms with Gasteiger partial charge in [-0.05, 0) is 37.0 Å². The number of carboxylic acid groups (broad SMARTS) is 3. The third-order valence-corrected chi connectivity index (χ3v) is 6.83. The van der Waals surface area contributed by atoms with E-state index < -0.39 is 109 Å². The van der Waals surface area contributed by atoms with Crippen LogP contribution in [-0.2, 0) is 38.4 Å². The summed E-state index contributed by atoms with van der Waals surface area (Å²) in [7, 11) is 0. The topological polar surface area (TPSA) is 288 Å².